The molecule has 6 fully saturated rings. The first-order chi connectivity index (χ1) is 42.0. The number of benzene rings is 5. The van der Waals surface area contributed by atoms with Gasteiger partial charge in [0.05, 0.1) is 57.1 Å². The summed E-state index contributed by atoms with van der Waals surface area (Å²) in [6.45, 7) is 11.5. The minimum absolute atomic E-state index is 0.0266. The molecule has 6 aliphatic heterocycles. The third-order valence-corrected chi connectivity index (χ3v) is 16.2. The number of esters is 1. The number of ether oxygens (including phenoxy) is 17. The number of hydrogen-bond donors (Lipinski definition) is 0. The van der Waals surface area contributed by atoms with Crippen molar-refractivity contribution in [2.75, 3.05) is 34.0 Å². The summed E-state index contributed by atoms with van der Waals surface area (Å²) in [5.74, 6) is -0.296. The molecule has 17 atom stereocenters. The van der Waals surface area contributed by atoms with Crippen LogP contribution >= 0.6 is 0 Å². The van der Waals surface area contributed by atoms with Gasteiger partial charge < -0.3 is 80.5 Å². The van der Waals surface area contributed by atoms with Crippen LogP contribution in [0.4, 0.5) is 5.69 Å². The van der Waals surface area contributed by atoms with Crippen molar-refractivity contribution in [1.29, 1.82) is 0 Å². The summed E-state index contributed by atoms with van der Waals surface area (Å²) in [5, 5.41) is 11.3. The quantitative estimate of drug-likeness (QED) is 0.0272. The molecule has 21 nitrogen and oxygen atoms in total. The van der Waals surface area contributed by atoms with Gasteiger partial charge in [0.15, 0.2) is 43.3 Å². The van der Waals surface area contributed by atoms with Crippen LogP contribution in [0.15, 0.2) is 133 Å². The van der Waals surface area contributed by atoms with E-state index in [1.165, 1.54) is 12.1 Å². The lowest BCUT2D eigenvalue weighted by atomic mass is 9.94. The Balaban J connectivity index is 0.883. The summed E-state index contributed by atoms with van der Waals surface area (Å²) in [7, 11) is 3.24. The van der Waals surface area contributed by atoms with Gasteiger partial charge >= 0.3 is 5.97 Å². The number of nitrogens with zero attached hydrogens (tertiary/aromatic N) is 1. The number of non-ortho nitro benzene ring substituents is 1. The van der Waals surface area contributed by atoms with Gasteiger partial charge in [0.2, 0.25) is 0 Å². The highest BCUT2D eigenvalue weighted by molar-refractivity contribution is 5.75. The lowest BCUT2D eigenvalue weighted by molar-refractivity contribution is -0.401. The van der Waals surface area contributed by atoms with E-state index >= 15 is 0 Å². The minimum Gasteiger partial charge on any atom is -0.497 e. The number of rotatable bonds is 22. The molecular weight excluding hydrogens is 1130 g/mol. The fourth-order valence-corrected chi connectivity index (χ4v) is 11.6. The molecule has 11 rings (SSSR count). The Labute approximate surface area is 507 Å². The van der Waals surface area contributed by atoms with Crippen molar-refractivity contribution in [1.82, 2.24) is 0 Å². The number of aryl methyl sites for hydroxylation is 1. The molecule has 0 bridgehead atoms. The second-order valence-electron chi connectivity index (χ2n) is 24.0. The Morgan fingerprint density at radius 1 is 0.563 bits per heavy atom. The van der Waals surface area contributed by atoms with Crippen LogP contribution in [-0.4, -0.2) is 143 Å². The van der Waals surface area contributed by atoms with Gasteiger partial charge in [-0.25, -0.2) is 0 Å². The summed E-state index contributed by atoms with van der Waals surface area (Å²) in [6, 6.07) is 41.0. The largest absolute Gasteiger partial charge is 0.497 e. The number of methoxy groups -OCH3 is 2. The lowest BCUT2D eigenvalue weighted by Crippen LogP contribution is -2.67. The summed E-state index contributed by atoms with van der Waals surface area (Å²) >= 11 is 0. The van der Waals surface area contributed by atoms with E-state index in [1.807, 2.05) is 130 Å². The third-order valence-electron chi connectivity index (χ3n) is 16.2. The SMILES string of the molecule is COc1ccc(COC2C(O[C@H]3C(C)O[C@@H](O[C@@H]4C(OC(=O)C(C)(C)C)[C@H](OCCCCc5ccc([N+](=O)[O-])cc5)OC5COC(c6ccccc6)O[C@@H]54)[C@H]4OC(C)(C)OC34)OC3COC(c4ccccc4)O[C@H]3[C@@H]2OCc2ccc(OC)cc2)cc1. The number of carbonyl (C=O) groups excluding carboxylic acids is 1. The van der Waals surface area contributed by atoms with Crippen molar-refractivity contribution in [2.24, 2.45) is 5.41 Å². The second kappa shape index (κ2) is 27.8. The Morgan fingerprint density at radius 2 is 1.08 bits per heavy atom. The summed E-state index contributed by atoms with van der Waals surface area (Å²) in [6.07, 6.45) is -13.6. The number of nitro groups is 1. The average Bonchev–Trinajstić information content (AvgIpc) is 2.18. The van der Waals surface area contributed by atoms with Crippen molar-refractivity contribution in [3.63, 3.8) is 0 Å². The van der Waals surface area contributed by atoms with Crippen molar-refractivity contribution in [3.8, 4) is 11.5 Å². The Kier molecular flexibility index (Phi) is 20.0. The fourth-order valence-electron chi connectivity index (χ4n) is 11.6. The van der Waals surface area contributed by atoms with Gasteiger partial charge in [0.1, 0.15) is 72.5 Å². The van der Waals surface area contributed by atoms with E-state index in [4.69, 9.17) is 80.5 Å². The van der Waals surface area contributed by atoms with Gasteiger partial charge in [-0.1, -0.05) is 97.1 Å². The molecule has 6 saturated heterocycles. The number of unbranched alkanes of at least 4 members (excludes halogenated alkanes) is 1. The topological polar surface area (TPSA) is 217 Å². The molecule has 5 aromatic carbocycles. The van der Waals surface area contributed by atoms with Crippen LogP contribution in [0, 0.1) is 15.5 Å². The van der Waals surface area contributed by atoms with Gasteiger partial charge in [-0.05, 0) is 102 Å². The predicted octanol–water partition coefficient (Wildman–Crippen LogP) is 9.79. The zero-order valence-corrected chi connectivity index (χ0v) is 50.3. The van der Waals surface area contributed by atoms with E-state index in [0.717, 1.165) is 27.8 Å². The van der Waals surface area contributed by atoms with Crippen LogP contribution in [0.2, 0.25) is 0 Å². The normalized spacial score (nSPS) is 32.0. The minimum atomic E-state index is -1.20. The molecule has 0 aromatic heterocycles. The maximum atomic E-state index is 14.2. The van der Waals surface area contributed by atoms with Crippen LogP contribution < -0.4 is 9.47 Å². The zero-order chi connectivity index (χ0) is 60.8. The van der Waals surface area contributed by atoms with Gasteiger partial charge in [0.25, 0.3) is 5.69 Å². The third kappa shape index (κ3) is 15.0. The molecule has 468 valence electrons. The van der Waals surface area contributed by atoms with Gasteiger partial charge in [-0.2, -0.15) is 0 Å². The number of hydrogen-bond acceptors (Lipinski definition) is 20. The van der Waals surface area contributed by atoms with Gasteiger partial charge in [-0.15, -0.1) is 0 Å². The van der Waals surface area contributed by atoms with Gasteiger partial charge in [-0.3, -0.25) is 14.9 Å². The monoisotopic (exact) mass is 1210 g/mol. The van der Waals surface area contributed by atoms with E-state index < -0.39 is 127 Å². The average molecular weight is 1210 g/mol. The predicted molar refractivity (Wildman–Crippen MR) is 310 cm³/mol. The molecule has 6 heterocycles. The summed E-state index contributed by atoms with van der Waals surface area (Å²) < 4.78 is 113. The van der Waals surface area contributed by atoms with Crippen LogP contribution in [0.5, 0.6) is 11.5 Å². The van der Waals surface area contributed by atoms with E-state index in [1.54, 1.807) is 47.1 Å². The Morgan fingerprint density at radius 3 is 1.63 bits per heavy atom. The molecular formula is C66H79NO20. The van der Waals surface area contributed by atoms with E-state index in [9.17, 15) is 14.9 Å². The summed E-state index contributed by atoms with van der Waals surface area (Å²) in [5.41, 5.74) is 3.38. The fraction of sp³-hybridized carbons (Fsp3) is 0.530. The maximum Gasteiger partial charge on any atom is 0.311 e. The molecule has 0 saturated carbocycles. The van der Waals surface area contributed by atoms with E-state index in [-0.39, 0.29) is 38.7 Å². The smallest absolute Gasteiger partial charge is 0.311 e. The van der Waals surface area contributed by atoms with Crippen molar-refractivity contribution < 1.29 is 90.2 Å². The maximum absolute atomic E-state index is 14.2. The molecule has 9 unspecified atom stereocenters. The first-order valence-corrected chi connectivity index (χ1v) is 29.8. The Bertz CT molecular complexity index is 3000. The molecule has 0 spiro atoms. The molecule has 6 aliphatic rings. The highest BCUT2D eigenvalue weighted by atomic mass is 16.8. The first-order valence-electron chi connectivity index (χ1n) is 29.8. The highest BCUT2D eigenvalue weighted by Gasteiger charge is 2.61. The van der Waals surface area contributed by atoms with Crippen LogP contribution in [0.1, 0.15) is 94.8 Å². The molecule has 0 aliphatic carbocycles. The van der Waals surface area contributed by atoms with Gasteiger partial charge in [0, 0.05) is 29.9 Å². The van der Waals surface area contributed by atoms with Crippen molar-refractivity contribution >= 4 is 11.7 Å². The van der Waals surface area contributed by atoms with Crippen molar-refractivity contribution in [2.45, 2.75) is 185 Å². The molecule has 0 radical (unpaired) electrons. The number of fused-ring (bicyclic) bond motifs is 3. The second-order valence-corrected chi connectivity index (χ2v) is 24.0. The Hall–Kier alpha value is -5.99. The molecule has 0 amide bonds. The lowest BCUT2D eigenvalue weighted by Gasteiger charge is -2.52. The molecule has 5 aromatic rings. The summed E-state index contributed by atoms with van der Waals surface area (Å²) in [4.78, 5) is 25.0. The highest BCUT2D eigenvalue weighted by Crippen LogP contribution is 2.45. The first kappa shape index (κ1) is 62.6. The number of nitro benzene ring substituents is 1. The molecule has 21 heteroatoms. The van der Waals surface area contributed by atoms with E-state index in [0.29, 0.717) is 30.8 Å². The zero-order valence-electron chi connectivity index (χ0n) is 50.3. The standard InChI is InChI=1S/C66H79NO20/c1-39-50(81-62-56(75-36-42-26-32-47(72-8)33-27-42)53(74-35-41-24-30-46(71-7)31-25-41)51-48(80-62)37-76-59(82-51)43-18-11-9-12-19-43)55-58(87-66(5,6)86-55)63(78-39)84-54-52-49(38-77-60(83-52)44-20-13-10-14-21-44)79-61(57(54)85-64(68)65(2,3)4)73-34-16-15-17-40-22-28-45(29-23-40)67(69)70/h9-14,18-33,39,48-63H,15-17,34-38H2,1-8H3/t39?,48?,49?,50-,51+,52-,53-,54-,55?,56?,57?,58-,59?,60?,61+,62?,63-/m0/s1. The van der Waals surface area contributed by atoms with Crippen LogP contribution in [-0.2, 0) is 95.5 Å². The van der Waals surface area contributed by atoms with E-state index in [2.05, 4.69) is 0 Å². The van der Waals surface area contributed by atoms with Crippen LogP contribution in [0.3, 0.4) is 0 Å². The molecule has 0 N–H and O–H groups in total. The molecule has 87 heavy (non-hydrogen) atoms. The van der Waals surface area contributed by atoms with Crippen molar-refractivity contribution in [3.05, 3.63) is 171 Å². The number of carbonyl (C=O) groups is 1. The van der Waals surface area contributed by atoms with Crippen LogP contribution in [0.25, 0.3) is 0 Å².